The first kappa shape index (κ1) is 36.7. The molecule has 1 fully saturated rings. The number of carbonyl (C=O) groups excluding carboxylic acids is 3. The lowest BCUT2D eigenvalue weighted by molar-refractivity contribution is -0.115. The van der Waals surface area contributed by atoms with Crippen molar-refractivity contribution >= 4 is 47.1 Å². The maximum atomic E-state index is 14.3. The zero-order chi connectivity index (χ0) is 35.4. The molecular weight excluding hydrogens is 666 g/mol. The Bertz CT molecular complexity index is 1650. The second kappa shape index (κ2) is 15.0. The third kappa shape index (κ3) is 9.96. The van der Waals surface area contributed by atoms with E-state index < -0.39 is 41.7 Å². The SMILES string of the molecule is C[C@@H](Oc1cc(-c2cnn(C3CCN(C(=O)OC(C)(C)C)CC3)c2)cnc1NC(=O)CNC(=O)OC(C)(C)C)c1c(Cl)ccc(F)c1Cl. The van der Waals surface area contributed by atoms with Crippen LogP contribution in [-0.2, 0) is 14.3 Å². The van der Waals surface area contributed by atoms with Crippen LogP contribution in [0.25, 0.3) is 11.1 Å². The molecule has 0 bridgehead atoms. The van der Waals surface area contributed by atoms with Crippen molar-refractivity contribution in [2.24, 2.45) is 0 Å². The van der Waals surface area contributed by atoms with Crippen molar-refractivity contribution in [2.45, 2.75) is 84.7 Å². The quantitative estimate of drug-likeness (QED) is 0.229. The Morgan fingerprint density at radius 2 is 1.69 bits per heavy atom. The van der Waals surface area contributed by atoms with E-state index in [9.17, 15) is 18.8 Å². The molecule has 15 heteroatoms. The van der Waals surface area contributed by atoms with E-state index in [1.165, 1.54) is 6.07 Å². The van der Waals surface area contributed by atoms with Crippen LogP contribution >= 0.6 is 23.2 Å². The molecule has 4 rings (SSSR count). The molecule has 3 aromatic rings. The molecule has 48 heavy (non-hydrogen) atoms. The third-order valence-corrected chi connectivity index (χ3v) is 7.83. The van der Waals surface area contributed by atoms with Gasteiger partial charge in [0.25, 0.3) is 0 Å². The lowest BCUT2D eigenvalue weighted by Gasteiger charge is -2.33. The van der Waals surface area contributed by atoms with Crippen molar-refractivity contribution in [1.29, 1.82) is 0 Å². The van der Waals surface area contributed by atoms with Gasteiger partial charge in [-0.1, -0.05) is 23.2 Å². The van der Waals surface area contributed by atoms with Crippen molar-refractivity contribution in [2.75, 3.05) is 25.0 Å². The number of hydrogen-bond donors (Lipinski definition) is 2. The summed E-state index contributed by atoms with van der Waals surface area (Å²) in [6, 6.07) is 4.26. The average molecular weight is 708 g/mol. The Balaban J connectivity index is 1.54. The number of likely N-dealkylation sites (tertiary alicyclic amines) is 1. The van der Waals surface area contributed by atoms with Crippen molar-refractivity contribution in [3.63, 3.8) is 0 Å². The maximum absolute atomic E-state index is 14.3. The Morgan fingerprint density at radius 1 is 1.02 bits per heavy atom. The lowest BCUT2D eigenvalue weighted by atomic mass is 10.1. The number of nitrogens with one attached hydrogen (secondary N) is 2. The van der Waals surface area contributed by atoms with Gasteiger partial charge in [0, 0.05) is 47.2 Å². The van der Waals surface area contributed by atoms with Gasteiger partial charge in [-0.15, -0.1) is 0 Å². The number of benzene rings is 1. The molecule has 1 atom stereocenters. The molecule has 1 aromatic carbocycles. The van der Waals surface area contributed by atoms with Crippen LogP contribution in [0.15, 0.2) is 36.8 Å². The first-order valence-corrected chi connectivity index (χ1v) is 16.2. The molecule has 0 unspecified atom stereocenters. The van der Waals surface area contributed by atoms with Gasteiger partial charge in [-0.3, -0.25) is 9.48 Å². The molecule has 3 amide bonds. The maximum Gasteiger partial charge on any atom is 0.410 e. The molecule has 0 spiro atoms. The van der Waals surface area contributed by atoms with Crippen molar-refractivity contribution in [3.05, 3.63) is 58.2 Å². The van der Waals surface area contributed by atoms with Gasteiger partial charge in [0.05, 0.1) is 17.3 Å². The van der Waals surface area contributed by atoms with E-state index in [0.717, 1.165) is 11.6 Å². The summed E-state index contributed by atoms with van der Waals surface area (Å²) in [7, 11) is 0. The highest BCUT2D eigenvalue weighted by Crippen LogP contribution is 2.38. The van der Waals surface area contributed by atoms with Gasteiger partial charge in [-0.25, -0.2) is 19.0 Å². The molecule has 2 N–H and O–H groups in total. The summed E-state index contributed by atoms with van der Waals surface area (Å²) >= 11 is 12.6. The Labute approximate surface area is 289 Å². The normalized spacial score (nSPS) is 14.7. The van der Waals surface area contributed by atoms with E-state index >= 15 is 0 Å². The van der Waals surface area contributed by atoms with E-state index in [4.69, 9.17) is 37.4 Å². The first-order chi connectivity index (χ1) is 22.4. The molecule has 0 radical (unpaired) electrons. The van der Waals surface area contributed by atoms with Gasteiger partial charge in [0.15, 0.2) is 11.6 Å². The zero-order valence-electron chi connectivity index (χ0n) is 28.0. The van der Waals surface area contributed by atoms with E-state index in [-0.39, 0.29) is 39.3 Å². The Hall–Kier alpha value is -4.10. The number of hydrogen-bond acceptors (Lipinski definition) is 8. The average Bonchev–Trinajstić information content (AvgIpc) is 3.48. The van der Waals surface area contributed by atoms with Crippen LogP contribution in [0.5, 0.6) is 5.75 Å². The highest BCUT2D eigenvalue weighted by atomic mass is 35.5. The fourth-order valence-electron chi connectivity index (χ4n) is 4.92. The smallest absolute Gasteiger partial charge is 0.410 e. The van der Waals surface area contributed by atoms with Crippen molar-refractivity contribution in [3.8, 4) is 16.9 Å². The summed E-state index contributed by atoms with van der Waals surface area (Å²) in [5.74, 6) is -1.07. The number of piperidine rings is 1. The Morgan fingerprint density at radius 3 is 2.33 bits per heavy atom. The predicted molar refractivity (Wildman–Crippen MR) is 180 cm³/mol. The van der Waals surface area contributed by atoms with E-state index in [1.807, 2.05) is 31.6 Å². The van der Waals surface area contributed by atoms with Crippen LogP contribution in [-0.4, -0.2) is 68.6 Å². The monoisotopic (exact) mass is 706 g/mol. The minimum atomic E-state index is -0.855. The summed E-state index contributed by atoms with van der Waals surface area (Å²) < 4.78 is 33.1. The molecule has 1 aliphatic rings. The largest absolute Gasteiger partial charge is 0.482 e. The van der Waals surface area contributed by atoms with Gasteiger partial charge in [-0.2, -0.15) is 5.10 Å². The van der Waals surface area contributed by atoms with Crippen molar-refractivity contribution in [1.82, 2.24) is 25.0 Å². The van der Waals surface area contributed by atoms with Crippen LogP contribution in [0.2, 0.25) is 10.0 Å². The Kier molecular flexibility index (Phi) is 11.5. The third-order valence-electron chi connectivity index (χ3n) is 7.12. The number of nitrogens with zero attached hydrogens (tertiary/aromatic N) is 4. The summed E-state index contributed by atoms with van der Waals surface area (Å²) in [5, 5.41) is 9.62. The molecule has 12 nitrogen and oxygen atoms in total. The number of carbonyl (C=O) groups is 3. The molecule has 1 saturated heterocycles. The molecular formula is C33H41Cl2FN6O6. The number of ether oxygens (including phenoxy) is 3. The van der Waals surface area contributed by atoms with Crippen LogP contribution < -0.4 is 15.4 Å². The summed E-state index contributed by atoms with van der Waals surface area (Å²) in [6.45, 7) is 13.0. The fraction of sp³-hybridized carbons (Fsp3) is 0.485. The molecule has 260 valence electrons. The summed E-state index contributed by atoms with van der Waals surface area (Å²) in [5.41, 5.74) is 0.263. The molecule has 0 saturated carbocycles. The second-order valence-electron chi connectivity index (χ2n) is 13.4. The van der Waals surface area contributed by atoms with Crippen LogP contribution in [0, 0.1) is 5.82 Å². The number of amides is 3. The van der Waals surface area contributed by atoms with Crippen LogP contribution in [0.4, 0.5) is 19.8 Å². The first-order valence-electron chi connectivity index (χ1n) is 15.5. The number of alkyl carbamates (subject to hydrolysis) is 1. The standard InChI is InChI=1S/C33H41Cl2FN6O6/c1-19(27-23(34)8-9-24(36)28(27)35)46-25-14-20(15-37-29(25)40-26(43)17-38-30(44)47-32(2,3)4)21-16-39-42(18-21)22-10-12-41(13-11-22)31(45)48-33(5,6)7/h8-9,14-16,18-19,22H,10-13,17H2,1-7H3,(H,38,44)(H,37,40,43)/t19-/m1/s1. The molecule has 2 aromatic heterocycles. The highest BCUT2D eigenvalue weighted by molar-refractivity contribution is 6.36. The number of halogens is 3. The van der Waals surface area contributed by atoms with Crippen molar-refractivity contribution < 1.29 is 33.0 Å². The number of aromatic nitrogens is 3. The van der Waals surface area contributed by atoms with Crippen LogP contribution in [0.3, 0.4) is 0 Å². The molecule has 0 aliphatic carbocycles. The molecule has 1 aliphatic heterocycles. The number of rotatable bonds is 8. The number of pyridine rings is 1. The zero-order valence-corrected chi connectivity index (χ0v) is 29.5. The summed E-state index contributed by atoms with van der Waals surface area (Å²) in [4.78, 5) is 43.5. The van der Waals surface area contributed by atoms with Gasteiger partial charge >= 0.3 is 12.2 Å². The minimum absolute atomic E-state index is 0.0483. The van der Waals surface area contributed by atoms with E-state index in [1.54, 1.807) is 51.1 Å². The lowest BCUT2D eigenvalue weighted by Crippen LogP contribution is -2.42. The van der Waals surface area contributed by atoms with Gasteiger partial charge < -0.3 is 29.7 Å². The van der Waals surface area contributed by atoms with Gasteiger partial charge in [0.2, 0.25) is 5.91 Å². The van der Waals surface area contributed by atoms with E-state index in [0.29, 0.717) is 31.5 Å². The minimum Gasteiger partial charge on any atom is -0.482 e. The van der Waals surface area contributed by atoms with Gasteiger partial charge in [-0.05, 0) is 79.5 Å². The second-order valence-corrected chi connectivity index (χ2v) is 14.2. The topological polar surface area (TPSA) is 137 Å². The van der Waals surface area contributed by atoms with E-state index in [2.05, 4.69) is 20.7 Å². The van der Waals surface area contributed by atoms with Gasteiger partial charge in [0.1, 0.15) is 29.7 Å². The fourth-order valence-corrected chi connectivity index (χ4v) is 5.60. The predicted octanol–water partition coefficient (Wildman–Crippen LogP) is 7.57. The molecule has 3 heterocycles. The highest BCUT2D eigenvalue weighted by Gasteiger charge is 2.28. The summed E-state index contributed by atoms with van der Waals surface area (Å²) in [6.07, 6.45) is 4.56. The number of anilines is 1. The van der Waals surface area contributed by atoms with Crippen LogP contribution in [0.1, 0.15) is 79.0 Å².